The van der Waals surface area contributed by atoms with Crippen molar-refractivity contribution in [3.63, 3.8) is 0 Å². The predicted octanol–water partition coefficient (Wildman–Crippen LogP) is 2.94. The van der Waals surface area contributed by atoms with Crippen molar-refractivity contribution in [1.82, 2.24) is 5.32 Å². The topological polar surface area (TPSA) is 66.4 Å². The highest BCUT2D eigenvalue weighted by molar-refractivity contribution is 6.00. The van der Waals surface area contributed by atoms with Crippen LogP contribution in [0.5, 0.6) is 0 Å². The molecule has 116 valence electrons. The molecule has 1 aromatic carbocycles. The van der Waals surface area contributed by atoms with Gasteiger partial charge in [-0.1, -0.05) is 0 Å². The van der Waals surface area contributed by atoms with Crippen LogP contribution in [0.3, 0.4) is 0 Å². The Kier molecular flexibility index (Phi) is 5.61. The second-order valence-corrected chi connectivity index (χ2v) is 6.21. The lowest BCUT2D eigenvalue weighted by atomic mass is 9.96. The van der Waals surface area contributed by atoms with Crippen LogP contribution in [0.4, 0.5) is 4.39 Å². The van der Waals surface area contributed by atoms with Crippen LogP contribution in [0, 0.1) is 12.7 Å². The first-order chi connectivity index (χ1) is 9.60. The first kappa shape index (κ1) is 17.3. The molecule has 0 saturated carbocycles. The SMILES string of the molecule is Cc1cc(C(=O)C(CCC(=O)O)NC(C)(C)C)ccc1F. The van der Waals surface area contributed by atoms with Crippen molar-refractivity contribution in [3.8, 4) is 0 Å². The zero-order chi connectivity index (χ0) is 16.2. The Morgan fingerprint density at radius 2 is 1.95 bits per heavy atom. The summed E-state index contributed by atoms with van der Waals surface area (Å²) in [4.78, 5) is 23.3. The van der Waals surface area contributed by atoms with Crippen LogP contribution in [-0.2, 0) is 4.79 Å². The number of ketones is 1. The normalized spacial score (nSPS) is 13.0. The van der Waals surface area contributed by atoms with E-state index in [1.165, 1.54) is 18.2 Å². The van der Waals surface area contributed by atoms with Crippen LogP contribution in [-0.4, -0.2) is 28.4 Å². The minimum Gasteiger partial charge on any atom is -0.481 e. The Hall–Kier alpha value is -1.75. The number of carboxylic acids is 1. The first-order valence-corrected chi connectivity index (χ1v) is 6.90. The van der Waals surface area contributed by atoms with Gasteiger partial charge in [0.15, 0.2) is 5.78 Å². The van der Waals surface area contributed by atoms with E-state index in [9.17, 15) is 14.0 Å². The summed E-state index contributed by atoms with van der Waals surface area (Å²) in [7, 11) is 0. The largest absolute Gasteiger partial charge is 0.481 e. The van der Waals surface area contributed by atoms with Gasteiger partial charge >= 0.3 is 5.97 Å². The van der Waals surface area contributed by atoms with Crippen molar-refractivity contribution < 1.29 is 19.1 Å². The Morgan fingerprint density at radius 1 is 1.33 bits per heavy atom. The van der Waals surface area contributed by atoms with Crippen molar-refractivity contribution in [3.05, 3.63) is 35.1 Å². The molecular weight excluding hydrogens is 273 g/mol. The van der Waals surface area contributed by atoms with Crippen LogP contribution in [0.15, 0.2) is 18.2 Å². The molecule has 5 heteroatoms. The number of halogens is 1. The number of carbonyl (C=O) groups excluding carboxylic acids is 1. The number of Topliss-reactive ketones (excluding diaryl/α,β-unsaturated/α-hetero) is 1. The van der Waals surface area contributed by atoms with Crippen LogP contribution in [0.1, 0.15) is 49.5 Å². The van der Waals surface area contributed by atoms with Gasteiger partial charge in [-0.05, 0) is 57.9 Å². The zero-order valence-electron chi connectivity index (χ0n) is 12.9. The minimum atomic E-state index is -0.946. The van der Waals surface area contributed by atoms with Crippen LogP contribution in [0.2, 0.25) is 0 Å². The molecule has 1 aromatic rings. The molecule has 0 radical (unpaired) electrons. The van der Waals surface area contributed by atoms with Crippen molar-refractivity contribution in [2.75, 3.05) is 0 Å². The lowest BCUT2D eigenvalue weighted by Gasteiger charge is -2.27. The standard InChI is InChI=1S/C16H22FNO3/c1-10-9-11(5-6-12(10)17)15(21)13(7-8-14(19)20)18-16(2,3)4/h5-6,9,13,18H,7-8H2,1-4H3,(H,19,20). The van der Waals surface area contributed by atoms with Gasteiger partial charge in [-0.2, -0.15) is 0 Å². The highest BCUT2D eigenvalue weighted by Crippen LogP contribution is 2.15. The highest BCUT2D eigenvalue weighted by atomic mass is 19.1. The van der Waals surface area contributed by atoms with Gasteiger partial charge in [-0.3, -0.25) is 9.59 Å². The number of aliphatic carboxylic acids is 1. The maximum absolute atomic E-state index is 13.3. The molecule has 1 atom stereocenters. The van der Waals surface area contributed by atoms with E-state index < -0.39 is 12.0 Å². The second-order valence-electron chi connectivity index (χ2n) is 6.21. The van der Waals surface area contributed by atoms with Gasteiger partial charge in [0.05, 0.1) is 6.04 Å². The van der Waals surface area contributed by atoms with Gasteiger partial charge in [0.1, 0.15) is 5.82 Å². The Labute approximate surface area is 124 Å². The first-order valence-electron chi connectivity index (χ1n) is 6.90. The molecule has 0 aromatic heterocycles. The number of rotatable bonds is 6. The lowest BCUT2D eigenvalue weighted by Crippen LogP contribution is -2.48. The molecule has 0 aliphatic heterocycles. The Balaban J connectivity index is 2.97. The second kappa shape index (κ2) is 6.80. The lowest BCUT2D eigenvalue weighted by molar-refractivity contribution is -0.137. The third kappa shape index (κ3) is 5.63. The fraction of sp³-hybridized carbons (Fsp3) is 0.500. The van der Waals surface area contributed by atoms with Gasteiger partial charge in [-0.25, -0.2) is 4.39 Å². The van der Waals surface area contributed by atoms with Crippen LogP contribution in [0.25, 0.3) is 0 Å². The summed E-state index contributed by atoms with van der Waals surface area (Å²) in [6.45, 7) is 7.31. The van der Waals surface area contributed by atoms with Gasteiger partial charge in [0.2, 0.25) is 0 Å². The third-order valence-corrected chi connectivity index (χ3v) is 3.01. The van der Waals surface area contributed by atoms with Crippen LogP contribution >= 0.6 is 0 Å². The zero-order valence-corrected chi connectivity index (χ0v) is 12.9. The number of hydrogen-bond donors (Lipinski definition) is 2. The Bertz CT molecular complexity index is 535. The van der Waals surface area contributed by atoms with Crippen molar-refractivity contribution in [2.24, 2.45) is 0 Å². The van der Waals surface area contributed by atoms with E-state index in [0.29, 0.717) is 11.1 Å². The molecule has 0 aliphatic carbocycles. The van der Waals surface area contributed by atoms with E-state index in [4.69, 9.17) is 5.11 Å². The van der Waals surface area contributed by atoms with E-state index in [2.05, 4.69) is 5.32 Å². The summed E-state index contributed by atoms with van der Waals surface area (Å²) >= 11 is 0. The molecule has 0 aliphatic rings. The van der Waals surface area contributed by atoms with E-state index in [1.807, 2.05) is 20.8 Å². The average Bonchev–Trinajstić information content (AvgIpc) is 2.35. The summed E-state index contributed by atoms with van der Waals surface area (Å²) < 4.78 is 13.3. The smallest absolute Gasteiger partial charge is 0.303 e. The molecule has 0 fully saturated rings. The molecule has 1 unspecified atom stereocenters. The fourth-order valence-corrected chi connectivity index (χ4v) is 2.06. The van der Waals surface area contributed by atoms with Gasteiger partial charge in [-0.15, -0.1) is 0 Å². The summed E-state index contributed by atoms with van der Waals surface area (Å²) in [5.41, 5.74) is 0.461. The molecule has 0 bridgehead atoms. The molecule has 21 heavy (non-hydrogen) atoms. The summed E-state index contributed by atoms with van der Waals surface area (Å²) in [6, 6.07) is 3.58. The van der Waals surface area contributed by atoms with Crippen molar-refractivity contribution in [1.29, 1.82) is 0 Å². The molecule has 0 heterocycles. The minimum absolute atomic E-state index is 0.0976. The average molecular weight is 295 g/mol. The van der Waals surface area contributed by atoms with Crippen molar-refractivity contribution >= 4 is 11.8 Å². The van der Waals surface area contributed by atoms with Crippen LogP contribution < -0.4 is 5.32 Å². The predicted molar refractivity (Wildman–Crippen MR) is 79.0 cm³/mol. The monoisotopic (exact) mass is 295 g/mol. The number of nitrogens with one attached hydrogen (secondary N) is 1. The van der Waals surface area contributed by atoms with E-state index in [0.717, 1.165) is 0 Å². The molecule has 2 N–H and O–H groups in total. The quantitative estimate of drug-likeness (QED) is 0.792. The number of hydrogen-bond acceptors (Lipinski definition) is 3. The molecule has 1 rings (SSSR count). The van der Waals surface area contributed by atoms with Gasteiger partial charge < -0.3 is 10.4 Å². The highest BCUT2D eigenvalue weighted by Gasteiger charge is 2.25. The maximum Gasteiger partial charge on any atom is 0.303 e. The fourth-order valence-electron chi connectivity index (χ4n) is 2.06. The molecule has 4 nitrogen and oxygen atoms in total. The van der Waals surface area contributed by atoms with Gasteiger partial charge in [0.25, 0.3) is 0 Å². The molecule has 0 spiro atoms. The number of benzene rings is 1. The van der Waals surface area contributed by atoms with E-state index in [1.54, 1.807) is 6.92 Å². The van der Waals surface area contributed by atoms with E-state index >= 15 is 0 Å². The summed E-state index contributed by atoms with van der Waals surface area (Å²) in [5, 5.41) is 11.9. The maximum atomic E-state index is 13.3. The third-order valence-electron chi connectivity index (χ3n) is 3.01. The number of aryl methyl sites for hydroxylation is 1. The van der Waals surface area contributed by atoms with E-state index in [-0.39, 0.29) is 30.0 Å². The molecular formula is C16H22FNO3. The molecule has 0 amide bonds. The number of carboxylic acid groups (broad SMARTS) is 1. The van der Waals surface area contributed by atoms with Gasteiger partial charge in [0, 0.05) is 17.5 Å². The number of carbonyl (C=O) groups is 2. The summed E-state index contributed by atoms with van der Waals surface area (Å²) in [6.07, 6.45) is 0.0987. The Morgan fingerprint density at radius 3 is 2.43 bits per heavy atom. The molecule has 0 saturated heterocycles. The summed E-state index contributed by atoms with van der Waals surface area (Å²) in [5.74, 6) is -1.52. The van der Waals surface area contributed by atoms with Crippen molar-refractivity contribution in [2.45, 2.75) is 52.1 Å².